The molecule has 1 fully saturated rings. The van der Waals surface area contributed by atoms with Gasteiger partial charge in [0.05, 0.1) is 18.2 Å². The lowest BCUT2D eigenvalue weighted by molar-refractivity contribution is -0.132. The van der Waals surface area contributed by atoms with Crippen LogP contribution < -0.4 is 9.64 Å². The number of rotatable bonds is 6. The van der Waals surface area contributed by atoms with Gasteiger partial charge in [-0.1, -0.05) is 32.0 Å². The molecule has 1 N–H and O–H groups in total. The molecule has 6 heteroatoms. The van der Waals surface area contributed by atoms with Crippen LogP contribution in [0.2, 0.25) is 0 Å². The van der Waals surface area contributed by atoms with Crippen molar-refractivity contribution in [2.75, 3.05) is 11.5 Å². The van der Waals surface area contributed by atoms with Gasteiger partial charge in [0, 0.05) is 11.3 Å². The third-order valence-corrected chi connectivity index (χ3v) is 5.83. The van der Waals surface area contributed by atoms with Crippen LogP contribution in [0.5, 0.6) is 5.75 Å². The number of nitrogens with zero attached hydrogens (tertiary/aromatic N) is 1. The first kappa shape index (κ1) is 24.2. The van der Waals surface area contributed by atoms with E-state index in [0.29, 0.717) is 35.1 Å². The van der Waals surface area contributed by atoms with E-state index in [2.05, 4.69) is 0 Å². The summed E-state index contributed by atoms with van der Waals surface area (Å²) in [6.07, 6.45) is 0. The second-order valence-electron chi connectivity index (χ2n) is 9.30. The van der Waals surface area contributed by atoms with Crippen molar-refractivity contribution in [3.63, 3.8) is 0 Å². The molecule has 1 aliphatic heterocycles. The van der Waals surface area contributed by atoms with Crippen molar-refractivity contribution in [1.82, 2.24) is 0 Å². The van der Waals surface area contributed by atoms with Crippen LogP contribution in [-0.2, 0) is 9.59 Å². The minimum Gasteiger partial charge on any atom is -0.507 e. The fourth-order valence-electron chi connectivity index (χ4n) is 4.28. The summed E-state index contributed by atoms with van der Waals surface area (Å²) >= 11 is 0. The Labute approximate surface area is 204 Å². The van der Waals surface area contributed by atoms with Crippen molar-refractivity contribution in [3.8, 4) is 5.75 Å². The minimum atomic E-state index is -0.909. The highest BCUT2D eigenvalue weighted by Gasteiger charge is 2.47. The van der Waals surface area contributed by atoms with E-state index < -0.39 is 23.5 Å². The second-order valence-corrected chi connectivity index (χ2v) is 9.30. The number of benzene rings is 3. The zero-order valence-corrected chi connectivity index (χ0v) is 20.2. The summed E-state index contributed by atoms with van der Waals surface area (Å²) in [4.78, 5) is 27.9. The van der Waals surface area contributed by atoms with E-state index in [4.69, 9.17) is 4.74 Å². The Morgan fingerprint density at radius 1 is 0.971 bits per heavy atom. The Hall–Kier alpha value is -3.93. The summed E-state index contributed by atoms with van der Waals surface area (Å²) in [7, 11) is 0. The number of ketones is 1. The first-order chi connectivity index (χ1) is 16.7. The van der Waals surface area contributed by atoms with Gasteiger partial charge in [-0.25, -0.2) is 4.39 Å². The van der Waals surface area contributed by atoms with E-state index >= 15 is 0 Å². The van der Waals surface area contributed by atoms with Gasteiger partial charge >= 0.3 is 0 Å². The van der Waals surface area contributed by atoms with E-state index in [9.17, 15) is 19.1 Å². The Bertz CT molecular complexity index is 1270. The first-order valence-corrected chi connectivity index (χ1v) is 11.5. The highest BCUT2D eigenvalue weighted by atomic mass is 19.1. The van der Waals surface area contributed by atoms with E-state index in [0.717, 1.165) is 11.1 Å². The second kappa shape index (κ2) is 9.74. The highest BCUT2D eigenvalue weighted by molar-refractivity contribution is 6.51. The molecule has 0 saturated carbocycles. The van der Waals surface area contributed by atoms with Gasteiger partial charge in [-0.2, -0.15) is 0 Å². The molecule has 1 saturated heterocycles. The molecule has 0 bridgehead atoms. The molecule has 1 aliphatic rings. The van der Waals surface area contributed by atoms with E-state index in [-0.39, 0.29) is 11.3 Å². The summed E-state index contributed by atoms with van der Waals surface area (Å²) in [6.45, 7) is 8.46. The summed E-state index contributed by atoms with van der Waals surface area (Å²) in [5, 5.41) is 11.2. The van der Waals surface area contributed by atoms with Crippen LogP contribution in [0.25, 0.3) is 5.76 Å². The van der Waals surface area contributed by atoms with Gasteiger partial charge in [0.25, 0.3) is 11.7 Å². The molecule has 1 amide bonds. The largest absolute Gasteiger partial charge is 0.507 e. The third-order valence-electron chi connectivity index (χ3n) is 5.83. The van der Waals surface area contributed by atoms with Crippen molar-refractivity contribution in [3.05, 3.63) is 100 Å². The van der Waals surface area contributed by atoms with Gasteiger partial charge < -0.3 is 9.84 Å². The maximum Gasteiger partial charge on any atom is 0.300 e. The number of carbonyl (C=O) groups excluding carboxylic acids is 2. The summed E-state index contributed by atoms with van der Waals surface area (Å²) < 4.78 is 19.4. The van der Waals surface area contributed by atoms with E-state index in [1.165, 1.54) is 29.2 Å². The monoisotopic (exact) mass is 473 g/mol. The standard InChI is InChI=1S/C29H28FNO4/c1-17(2)16-35-24-11-7-21(8-12-24)27(32)25-26(20-5-9-22(30)10-6-20)31(29(34)28(25)33)23-14-18(3)13-19(4)15-23/h5-15,17,26,32H,16H2,1-4H3/b27-25+. The predicted molar refractivity (Wildman–Crippen MR) is 134 cm³/mol. The molecule has 3 aromatic rings. The number of aliphatic hydroxyl groups excluding tert-OH is 1. The van der Waals surface area contributed by atoms with Crippen molar-refractivity contribution in [1.29, 1.82) is 0 Å². The first-order valence-electron chi connectivity index (χ1n) is 11.5. The van der Waals surface area contributed by atoms with Crippen LogP contribution in [-0.4, -0.2) is 23.4 Å². The highest BCUT2D eigenvalue weighted by Crippen LogP contribution is 2.42. The number of aliphatic hydroxyl groups is 1. The number of Topliss-reactive ketones (excluding diaryl/α,β-unsaturated/α-hetero) is 1. The molecule has 35 heavy (non-hydrogen) atoms. The van der Waals surface area contributed by atoms with Gasteiger partial charge in [-0.3, -0.25) is 14.5 Å². The van der Waals surface area contributed by atoms with Gasteiger partial charge in [0.15, 0.2) is 0 Å². The van der Waals surface area contributed by atoms with Crippen LogP contribution in [0, 0.1) is 25.6 Å². The number of hydrogen-bond donors (Lipinski definition) is 1. The topological polar surface area (TPSA) is 66.8 Å². The lowest BCUT2D eigenvalue weighted by Crippen LogP contribution is -2.29. The number of aryl methyl sites for hydroxylation is 2. The van der Waals surface area contributed by atoms with Crippen LogP contribution in [0.4, 0.5) is 10.1 Å². The summed E-state index contributed by atoms with van der Waals surface area (Å²) in [6, 6.07) is 17.0. The molecular weight excluding hydrogens is 445 g/mol. The minimum absolute atomic E-state index is 0.0448. The van der Waals surface area contributed by atoms with Crippen LogP contribution in [0.1, 0.15) is 42.1 Å². The number of halogens is 1. The molecule has 5 nitrogen and oxygen atoms in total. The lowest BCUT2D eigenvalue weighted by Gasteiger charge is -2.26. The molecule has 0 spiro atoms. The number of amides is 1. The van der Waals surface area contributed by atoms with Gasteiger partial charge in [-0.15, -0.1) is 0 Å². The average molecular weight is 474 g/mol. The molecule has 1 heterocycles. The van der Waals surface area contributed by atoms with Crippen LogP contribution in [0.15, 0.2) is 72.3 Å². The molecule has 1 unspecified atom stereocenters. The summed E-state index contributed by atoms with van der Waals surface area (Å²) in [5.41, 5.74) is 3.25. The van der Waals surface area contributed by atoms with Crippen molar-refractivity contribution >= 4 is 23.1 Å². The fraction of sp³-hybridized carbons (Fsp3) is 0.241. The molecule has 0 radical (unpaired) electrons. The Balaban J connectivity index is 1.84. The van der Waals surface area contributed by atoms with Crippen molar-refractivity contribution < 1.29 is 23.8 Å². The number of ether oxygens (including phenoxy) is 1. The van der Waals surface area contributed by atoms with E-state index in [1.54, 1.807) is 24.3 Å². The molecular formula is C29H28FNO4. The zero-order chi connectivity index (χ0) is 25.3. The average Bonchev–Trinajstić information content (AvgIpc) is 3.08. The number of hydrogen-bond acceptors (Lipinski definition) is 4. The SMILES string of the molecule is Cc1cc(C)cc(N2C(=O)C(=O)/C(=C(/O)c3ccc(OCC(C)C)cc3)C2c2ccc(F)cc2)c1. The smallest absolute Gasteiger partial charge is 0.300 e. The quantitative estimate of drug-likeness (QED) is 0.267. The Morgan fingerprint density at radius 2 is 1.57 bits per heavy atom. The lowest BCUT2D eigenvalue weighted by atomic mass is 9.95. The molecule has 4 rings (SSSR count). The van der Waals surface area contributed by atoms with Crippen LogP contribution in [0.3, 0.4) is 0 Å². The van der Waals surface area contributed by atoms with Gasteiger partial charge in [0.2, 0.25) is 0 Å². The molecule has 0 aliphatic carbocycles. The molecule has 1 atom stereocenters. The summed E-state index contributed by atoms with van der Waals surface area (Å²) in [5.74, 6) is -1.27. The Morgan fingerprint density at radius 3 is 2.14 bits per heavy atom. The Kier molecular flexibility index (Phi) is 6.74. The van der Waals surface area contributed by atoms with E-state index in [1.807, 2.05) is 45.9 Å². The zero-order valence-electron chi connectivity index (χ0n) is 20.2. The van der Waals surface area contributed by atoms with Gasteiger partial charge in [0.1, 0.15) is 17.3 Å². The van der Waals surface area contributed by atoms with Gasteiger partial charge in [-0.05, 0) is 85.0 Å². The molecule has 3 aromatic carbocycles. The van der Waals surface area contributed by atoms with Crippen molar-refractivity contribution in [2.45, 2.75) is 33.7 Å². The van der Waals surface area contributed by atoms with Crippen LogP contribution >= 0.6 is 0 Å². The maximum absolute atomic E-state index is 13.7. The normalized spacial score (nSPS) is 17.3. The van der Waals surface area contributed by atoms with Crippen molar-refractivity contribution in [2.24, 2.45) is 5.92 Å². The molecule has 0 aromatic heterocycles. The number of carbonyl (C=O) groups is 2. The maximum atomic E-state index is 13.7. The third kappa shape index (κ3) is 4.97. The predicted octanol–water partition coefficient (Wildman–Crippen LogP) is 6.10. The fourth-order valence-corrected chi connectivity index (χ4v) is 4.28. The number of anilines is 1. The molecule has 180 valence electrons.